The third-order valence-corrected chi connectivity index (χ3v) is 2.90. The summed E-state index contributed by atoms with van der Waals surface area (Å²) in [5, 5.41) is 0. The highest BCUT2D eigenvalue weighted by atomic mass is 16.6. The van der Waals surface area contributed by atoms with Gasteiger partial charge in [-0.3, -0.25) is 4.79 Å². The number of rotatable bonds is 8. The second-order valence-corrected chi connectivity index (χ2v) is 5.39. The molecule has 2 N–H and O–H groups in total. The summed E-state index contributed by atoms with van der Waals surface area (Å²) >= 11 is 0. The molecule has 21 heavy (non-hydrogen) atoms. The van der Waals surface area contributed by atoms with Gasteiger partial charge in [-0.2, -0.15) is 0 Å². The number of unbranched alkanes of at least 4 members (excludes halogenated alkanes) is 1. The van der Waals surface area contributed by atoms with Crippen molar-refractivity contribution >= 4 is 11.9 Å². The van der Waals surface area contributed by atoms with E-state index in [1.807, 2.05) is 6.92 Å². The Kier molecular flexibility index (Phi) is 6.21. The highest BCUT2D eigenvalue weighted by Gasteiger charge is 2.31. The lowest BCUT2D eigenvalue weighted by molar-refractivity contribution is -0.159. The highest BCUT2D eigenvalue weighted by Crippen LogP contribution is 2.20. The Morgan fingerprint density at radius 3 is 2.33 bits per heavy atom. The third kappa shape index (κ3) is 5.85. The van der Waals surface area contributed by atoms with Gasteiger partial charge in [0, 0.05) is 0 Å². The maximum absolute atomic E-state index is 11.9. The molecule has 0 unspecified atom stereocenters. The molecule has 0 fully saturated rings. The lowest BCUT2D eigenvalue weighted by atomic mass is 10.1. The van der Waals surface area contributed by atoms with Crippen molar-refractivity contribution in [3.63, 3.8) is 0 Å². The van der Waals surface area contributed by atoms with Gasteiger partial charge in [0.15, 0.2) is 5.60 Å². The van der Waals surface area contributed by atoms with Crippen molar-refractivity contribution in [2.75, 3.05) is 6.61 Å². The molecule has 0 radical (unpaired) electrons. The number of carbonyl (C=O) groups is 2. The number of ether oxygens (including phenoxy) is 2. The largest absolute Gasteiger partial charge is 0.476 e. The number of amides is 1. The maximum Gasteiger partial charge on any atom is 0.349 e. The molecule has 0 aromatic heterocycles. The van der Waals surface area contributed by atoms with E-state index in [0.29, 0.717) is 12.4 Å². The lowest BCUT2D eigenvalue weighted by Crippen LogP contribution is -2.39. The molecule has 1 aromatic rings. The molecule has 1 amide bonds. The van der Waals surface area contributed by atoms with Crippen LogP contribution in [0.4, 0.5) is 0 Å². The van der Waals surface area contributed by atoms with Crippen LogP contribution in [0.25, 0.3) is 0 Å². The van der Waals surface area contributed by atoms with Crippen LogP contribution in [0.3, 0.4) is 0 Å². The minimum absolute atomic E-state index is 0.183. The summed E-state index contributed by atoms with van der Waals surface area (Å²) in [6.45, 7) is 5.76. The van der Waals surface area contributed by atoms with Gasteiger partial charge in [0.1, 0.15) is 5.75 Å². The van der Waals surface area contributed by atoms with Gasteiger partial charge >= 0.3 is 5.97 Å². The van der Waals surface area contributed by atoms with E-state index in [4.69, 9.17) is 15.2 Å². The standard InChI is InChI=1S/C16H23NO4/c1-4-5-10-20-15(19)16(2,3)21-13-8-6-12(7-9-13)11-14(17)18/h6-9H,4-5,10-11H2,1-3H3,(H2,17,18). The van der Waals surface area contributed by atoms with E-state index in [0.717, 1.165) is 18.4 Å². The van der Waals surface area contributed by atoms with Crippen LogP contribution < -0.4 is 10.5 Å². The molecule has 0 heterocycles. The Balaban J connectivity index is 2.61. The van der Waals surface area contributed by atoms with Crippen molar-refractivity contribution in [3.8, 4) is 5.75 Å². The predicted molar refractivity (Wildman–Crippen MR) is 79.9 cm³/mol. The highest BCUT2D eigenvalue weighted by molar-refractivity contribution is 5.79. The average molecular weight is 293 g/mol. The summed E-state index contributed by atoms with van der Waals surface area (Å²) in [6.07, 6.45) is 1.99. The van der Waals surface area contributed by atoms with Crippen LogP contribution in [-0.2, 0) is 20.7 Å². The van der Waals surface area contributed by atoms with Crippen LogP contribution in [0.1, 0.15) is 39.2 Å². The van der Waals surface area contributed by atoms with Gasteiger partial charge in [-0.05, 0) is 38.0 Å². The average Bonchev–Trinajstić information content (AvgIpc) is 2.40. The first-order valence-electron chi connectivity index (χ1n) is 7.08. The van der Waals surface area contributed by atoms with Gasteiger partial charge in [0.25, 0.3) is 0 Å². The minimum atomic E-state index is -1.06. The number of nitrogens with two attached hydrogens (primary N) is 1. The molecule has 0 aliphatic rings. The third-order valence-electron chi connectivity index (χ3n) is 2.90. The monoisotopic (exact) mass is 293 g/mol. The normalized spacial score (nSPS) is 11.0. The summed E-state index contributed by atoms with van der Waals surface area (Å²) in [6, 6.07) is 6.91. The van der Waals surface area contributed by atoms with E-state index >= 15 is 0 Å². The van der Waals surface area contributed by atoms with Gasteiger partial charge in [0.2, 0.25) is 5.91 Å². The number of esters is 1. The van der Waals surface area contributed by atoms with Crippen LogP contribution in [0.15, 0.2) is 24.3 Å². The Bertz CT molecular complexity index is 480. The molecule has 1 aromatic carbocycles. The zero-order valence-electron chi connectivity index (χ0n) is 12.8. The minimum Gasteiger partial charge on any atom is -0.476 e. The van der Waals surface area contributed by atoms with Crippen molar-refractivity contribution in [3.05, 3.63) is 29.8 Å². The number of hydrogen-bond acceptors (Lipinski definition) is 4. The van der Waals surface area contributed by atoms with E-state index in [2.05, 4.69) is 0 Å². The fourth-order valence-electron chi connectivity index (χ4n) is 1.70. The molecular weight excluding hydrogens is 270 g/mol. The Morgan fingerprint density at radius 1 is 1.19 bits per heavy atom. The smallest absolute Gasteiger partial charge is 0.349 e. The van der Waals surface area contributed by atoms with Crippen LogP contribution >= 0.6 is 0 Å². The molecule has 0 bridgehead atoms. The molecule has 0 spiro atoms. The second kappa shape index (κ2) is 7.67. The number of benzene rings is 1. The molecule has 0 atom stereocenters. The first-order valence-corrected chi connectivity index (χ1v) is 7.08. The predicted octanol–water partition coefficient (Wildman–Crippen LogP) is 2.22. The summed E-state index contributed by atoms with van der Waals surface area (Å²) in [4.78, 5) is 22.8. The summed E-state index contributed by atoms with van der Waals surface area (Å²) < 4.78 is 10.8. The van der Waals surface area contributed by atoms with Crippen molar-refractivity contribution in [1.29, 1.82) is 0 Å². The van der Waals surface area contributed by atoms with Gasteiger partial charge in [-0.25, -0.2) is 4.79 Å². The zero-order chi connectivity index (χ0) is 15.9. The van der Waals surface area contributed by atoms with Crippen LogP contribution in [-0.4, -0.2) is 24.1 Å². The number of primary amides is 1. The van der Waals surface area contributed by atoms with Gasteiger partial charge < -0.3 is 15.2 Å². The number of carbonyl (C=O) groups excluding carboxylic acids is 2. The van der Waals surface area contributed by atoms with Crippen LogP contribution in [0.5, 0.6) is 5.75 Å². The molecule has 1 rings (SSSR count). The molecular formula is C16H23NO4. The molecule has 5 heteroatoms. The topological polar surface area (TPSA) is 78.6 Å². The summed E-state index contributed by atoms with van der Waals surface area (Å²) in [5.74, 6) is -0.235. The number of hydrogen-bond donors (Lipinski definition) is 1. The SMILES string of the molecule is CCCCOC(=O)C(C)(C)Oc1ccc(CC(N)=O)cc1. The van der Waals surface area contributed by atoms with Crippen molar-refractivity contribution < 1.29 is 19.1 Å². The first kappa shape index (κ1) is 17.0. The van der Waals surface area contributed by atoms with E-state index in [1.54, 1.807) is 38.1 Å². The van der Waals surface area contributed by atoms with E-state index < -0.39 is 11.6 Å². The van der Waals surface area contributed by atoms with Gasteiger partial charge in [-0.1, -0.05) is 25.5 Å². The lowest BCUT2D eigenvalue weighted by Gasteiger charge is -2.24. The molecule has 116 valence electrons. The van der Waals surface area contributed by atoms with E-state index in [9.17, 15) is 9.59 Å². The Morgan fingerprint density at radius 2 is 1.81 bits per heavy atom. The summed E-state index contributed by atoms with van der Waals surface area (Å²) in [7, 11) is 0. The van der Waals surface area contributed by atoms with Gasteiger partial charge in [-0.15, -0.1) is 0 Å². The Hall–Kier alpha value is -2.04. The van der Waals surface area contributed by atoms with E-state index in [1.165, 1.54) is 0 Å². The fourth-order valence-corrected chi connectivity index (χ4v) is 1.70. The second-order valence-electron chi connectivity index (χ2n) is 5.39. The van der Waals surface area contributed by atoms with Crippen molar-refractivity contribution in [2.45, 2.75) is 45.6 Å². The van der Waals surface area contributed by atoms with Gasteiger partial charge in [0.05, 0.1) is 13.0 Å². The van der Waals surface area contributed by atoms with Crippen LogP contribution in [0, 0.1) is 0 Å². The summed E-state index contributed by atoms with van der Waals surface area (Å²) in [5.41, 5.74) is 4.88. The maximum atomic E-state index is 11.9. The Labute approximate surface area is 125 Å². The first-order chi connectivity index (χ1) is 9.85. The van der Waals surface area contributed by atoms with Crippen LogP contribution in [0.2, 0.25) is 0 Å². The van der Waals surface area contributed by atoms with Crippen molar-refractivity contribution in [2.24, 2.45) is 5.73 Å². The molecule has 5 nitrogen and oxygen atoms in total. The van der Waals surface area contributed by atoms with Crippen molar-refractivity contribution in [1.82, 2.24) is 0 Å². The molecule has 0 saturated heterocycles. The quantitative estimate of drug-likeness (QED) is 0.589. The zero-order valence-corrected chi connectivity index (χ0v) is 12.8. The molecule has 0 aliphatic heterocycles. The molecule has 0 aliphatic carbocycles. The molecule has 0 saturated carbocycles. The van der Waals surface area contributed by atoms with E-state index in [-0.39, 0.29) is 12.3 Å². The fraction of sp³-hybridized carbons (Fsp3) is 0.500.